The number of ether oxygens (including phenoxy) is 2. The van der Waals surface area contributed by atoms with Gasteiger partial charge in [0.25, 0.3) is 11.5 Å². The zero-order valence-corrected chi connectivity index (χ0v) is 14.3. The van der Waals surface area contributed by atoms with Gasteiger partial charge in [0.15, 0.2) is 11.5 Å². The van der Waals surface area contributed by atoms with Gasteiger partial charge in [-0.2, -0.15) is 0 Å². The average molecular weight is 355 g/mol. The average Bonchev–Trinajstić information content (AvgIpc) is 2.98. The third kappa shape index (κ3) is 2.69. The lowest BCUT2D eigenvalue weighted by Gasteiger charge is -2.21. The molecule has 1 amide bonds. The molecule has 0 fully saturated rings. The van der Waals surface area contributed by atoms with Gasteiger partial charge >= 0.3 is 0 Å². The minimum Gasteiger partial charge on any atom is -0.486 e. The van der Waals surface area contributed by atoms with Gasteiger partial charge in [0.1, 0.15) is 24.4 Å². The Labute approximate surface area is 148 Å². The molecule has 0 radical (unpaired) electrons. The lowest BCUT2D eigenvalue weighted by molar-refractivity contribution is 0.0939. The first-order chi connectivity index (χ1) is 12.5. The summed E-state index contributed by atoms with van der Waals surface area (Å²) in [6, 6.07) is 5.22. The third-order valence-electron chi connectivity index (χ3n) is 4.31. The van der Waals surface area contributed by atoms with Crippen molar-refractivity contribution >= 4 is 17.0 Å². The molecule has 0 aliphatic carbocycles. The van der Waals surface area contributed by atoms with Gasteiger partial charge in [-0.1, -0.05) is 6.07 Å². The molecule has 0 spiro atoms. The number of fused-ring (bicyclic) bond motifs is 2. The number of furan rings is 1. The predicted molar refractivity (Wildman–Crippen MR) is 92.7 cm³/mol. The number of hydrogen-bond acceptors (Lipinski definition) is 6. The van der Waals surface area contributed by atoms with Crippen LogP contribution in [0, 0.1) is 6.92 Å². The van der Waals surface area contributed by atoms with Gasteiger partial charge in [-0.25, -0.2) is 4.98 Å². The molecule has 134 valence electrons. The molecule has 1 aliphatic rings. The molecule has 1 aromatic carbocycles. The van der Waals surface area contributed by atoms with E-state index in [9.17, 15) is 9.59 Å². The van der Waals surface area contributed by atoms with E-state index < -0.39 is 11.5 Å². The molecule has 2 N–H and O–H groups in total. The van der Waals surface area contributed by atoms with Crippen LogP contribution < -0.4 is 20.3 Å². The molecular weight excluding hydrogens is 338 g/mol. The van der Waals surface area contributed by atoms with E-state index in [1.807, 2.05) is 25.1 Å². The number of rotatable bonds is 3. The van der Waals surface area contributed by atoms with E-state index in [1.165, 1.54) is 6.33 Å². The normalized spacial score (nSPS) is 14.2. The topological polar surface area (TPSA) is 106 Å². The first-order valence-electron chi connectivity index (χ1n) is 8.22. The molecule has 4 rings (SSSR count). The van der Waals surface area contributed by atoms with Gasteiger partial charge in [0.05, 0.1) is 17.9 Å². The Kier molecular flexibility index (Phi) is 3.87. The highest BCUT2D eigenvalue weighted by atomic mass is 16.6. The fraction of sp³-hybridized carbons (Fsp3) is 0.278. The van der Waals surface area contributed by atoms with Crippen LogP contribution >= 0.6 is 0 Å². The standard InChI is InChI=1S/C18H17N3O5/c1-9(11-3-4-12-13(7-11)25-6-5-24-12)21-17(23)14-10(2)26-18-15(14)16(22)19-8-20-18/h3-4,7-9H,5-6H2,1-2H3,(H,21,23)(H,19,20,22). The highest BCUT2D eigenvalue weighted by Crippen LogP contribution is 2.32. The molecule has 3 heterocycles. The SMILES string of the molecule is Cc1oc2nc[nH]c(=O)c2c1C(=O)NC(C)c1ccc2c(c1)OCCO2. The molecule has 1 unspecified atom stereocenters. The molecule has 3 aromatic rings. The van der Waals surface area contributed by atoms with Crippen molar-refractivity contribution < 1.29 is 18.7 Å². The Balaban J connectivity index is 1.63. The second-order valence-electron chi connectivity index (χ2n) is 6.04. The van der Waals surface area contributed by atoms with Crippen molar-refractivity contribution in [2.24, 2.45) is 0 Å². The summed E-state index contributed by atoms with van der Waals surface area (Å²) in [4.78, 5) is 31.2. The fourth-order valence-corrected chi connectivity index (χ4v) is 3.01. The van der Waals surface area contributed by atoms with Crippen molar-refractivity contribution in [1.82, 2.24) is 15.3 Å². The summed E-state index contributed by atoms with van der Waals surface area (Å²) in [5, 5.41) is 3.04. The van der Waals surface area contributed by atoms with Gasteiger partial charge in [0, 0.05) is 0 Å². The van der Waals surface area contributed by atoms with Gasteiger partial charge in [-0.15, -0.1) is 0 Å². The Morgan fingerprint density at radius 2 is 2.04 bits per heavy atom. The molecule has 0 saturated heterocycles. The minimum absolute atomic E-state index is 0.142. The highest BCUT2D eigenvalue weighted by molar-refractivity contribution is 6.06. The van der Waals surface area contributed by atoms with Crippen LogP contribution in [0.5, 0.6) is 11.5 Å². The number of carbonyl (C=O) groups is 1. The number of aryl methyl sites for hydroxylation is 1. The summed E-state index contributed by atoms with van der Waals surface area (Å²) >= 11 is 0. The molecule has 26 heavy (non-hydrogen) atoms. The maximum Gasteiger partial charge on any atom is 0.262 e. The Bertz CT molecular complexity index is 1050. The summed E-state index contributed by atoms with van der Waals surface area (Å²) in [5.41, 5.74) is 0.784. The van der Waals surface area contributed by atoms with Crippen molar-refractivity contribution in [2.75, 3.05) is 13.2 Å². The van der Waals surface area contributed by atoms with E-state index in [4.69, 9.17) is 13.9 Å². The molecule has 1 aliphatic heterocycles. The van der Waals surface area contributed by atoms with E-state index in [2.05, 4.69) is 15.3 Å². The van der Waals surface area contributed by atoms with Crippen molar-refractivity contribution in [3.05, 3.63) is 51.8 Å². The van der Waals surface area contributed by atoms with Crippen molar-refractivity contribution in [3.63, 3.8) is 0 Å². The molecule has 8 heteroatoms. The maximum absolute atomic E-state index is 12.8. The third-order valence-corrected chi connectivity index (χ3v) is 4.31. The van der Waals surface area contributed by atoms with Gasteiger partial charge in [-0.05, 0) is 31.5 Å². The zero-order chi connectivity index (χ0) is 18.3. The summed E-state index contributed by atoms with van der Waals surface area (Å²) in [6.45, 7) is 4.50. The van der Waals surface area contributed by atoms with Crippen LogP contribution in [0.2, 0.25) is 0 Å². The van der Waals surface area contributed by atoms with Gasteiger partial charge in [-0.3, -0.25) is 9.59 Å². The van der Waals surface area contributed by atoms with E-state index in [0.29, 0.717) is 30.5 Å². The van der Waals surface area contributed by atoms with Crippen LogP contribution in [0.25, 0.3) is 11.1 Å². The fourth-order valence-electron chi connectivity index (χ4n) is 3.01. The molecule has 0 bridgehead atoms. The van der Waals surface area contributed by atoms with Crippen LogP contribution in [0.3, 0.4) is 0 Å². The minimum atomic E-state index is -0.413. The van der Waals surface area contributed by atoms with E-state index in [1.54, 1.807) is 6.92 Å². The van der Waals surface area contributed by atoms with Crippen LogP contribution in [0.4, 0.5) is 0 Å². The number of nitrogens with one attached hydrogen (secondary N) is 2. The second-order valence-corrected chi connectivity index (χ2v) is 6.04. The lowest BCUT2D eigenvalue weighted by Crippen LogP contribution is -2.28. The number of benzene rings is 1. The largest absolute Gasteiger partial charge is 0.486 e. The number of aromatic amines is 1. The van der Waals surface area contributed by atoms with Crippen LogP contribution in [0.15, 0.2) is 33.7 Å². The number of amides is 1. The van der Waals surface area contributed by atoms with Crippen molar-refractivity contribution in [1.29, 1.82) is 0 Å². The van der Waals surface area contributed by atoms with Crippen LogP contribution in [-0.4, -0.2) is 29.1 Å². The predicted octanol–water partition coefficient (Wildman–Crippen LogP) is 2.09. The summed E-state index contributed by atoms with van der Waals surface area (Å²) in [6.07, 6.45) is 1.24. The van der Waals surface area contributed by atoms with Crippen LogP contribution in [-0.2, 0) is 0 Å². The first kappa shape index (κ1) is 16.2. The molecule has 8 nitrogen and oxygen atoms in total. The van der Waals surface area contributed by atoms with Crippen LogP contribution in [0.1, 0.15) is 34.6 Å². The summed E-state index contributed by atoms with van der Waals surface area (Å²) in [7, 11) is 0. The molecular formula is C18H17N3O5. The smallest absolute Gasteiger partial charge is 0.262 e. The van der Waals surface area contributed by atoms with Crippen molar-refractivity contribution in [3.8, 4) is 11.5 Å². The maximum atomic E-state index is 12.8. The number of nitrogens with zero attached hydrogens (tertiary/aromatic N) is 1. The number of hydrogen-bond donors (Lipinski definition) is 2. The van der Waals surface area contributed by atoms with E-state index in [0.717, 1.165) is 5.56 Å². The number of aromatic nitrogens is 2. The molecule has 0 saturated carbocycles. The van der Waals surface area contributed by atoms with Gasteiger partial charge < -0.3 is 24.2 Å². The summed E-state index contributed by atoms with van der Waals surface area (Å²) < 4.78 is 16.5. The Morgan fingerprint density at radius 3 is 2.85 bits per heavy atom. The first-order valence-corrected chi connectivity index (χ1v) is 8.22. The monoisotopic (exact) mass is 355 g/mol. The zero-order valence-electron chi connectivity index (χ0n) is 14.3. The van der Waals surface area contributed by atoms with Gasteiger partial charge in [0.2, 0.25) is 5.71 Å². The molecule has 2 aromatic heterocycles. The number of carbonyl (C=O) groups excluding carboxylic acids is 1. The van der Waals surface area contributed by atoms with E-state index >= 15 is 0 Å². The quantitative estimate of drug-likeness (QED) is 0.745. The number of H-pyrrole nitrogens is 1. The van der Waals surface area contributed by atoms with Crippen molar-refractivity contribution in [2.45, 2.75) is 19.9 Å². The Hall–Kier alpha value is -3.29. The van der Waals surface area contributed by atoms with E-state index in [-0.39, 0.29) is 22.7 Å². The summed E-state index contributed by atoms with van der Waals surface area (Å²) in [5.74, 6) is 1.28. The second kappa shape index (κ2) is 6.21. The molecule has 1 atom stereocenters. The lowest BCUT2D eigenvalue weighted by atomic mass is 10.1. The Morgan fingerprint density at radius 1 is 1.27 bits per heavy atom. The highest BCUT2D eigenvalue weighted by Gasteiger charge is 2.23.